The number of unbranched alkanes of at least 4 members (excludes halogenated alkanes) is 2. The zero-order valence-electron chi connectivity index (χ0n) is 25.1. The lowest BCUT2D eigenvalue weighted by Gasteiger charge is -2.26. The van der Waals surface area contributed by atoms with E-state index in [0.717, 1.165) is 80.6 Å². The number of carbonyl (C=O) groups excluding carboxylic acids is 1. The number of hydrogen-bond donors (Lipinski definition) is 2. The SMILES string of the molecule is CCCCN(CCCC)C(=O)c1ccc2[nH]c(O)c(C(=Nc3ccc(CN4CCCCC4)cc3)c3ccccc3)c2c1. The Labute approximate surface area is 250 Å². The molecule has 4 aromatic rings. The van der Waals surface area contributed by atoms with Crippen molar-refractivity contribution in [2.75, 3.05) is 26.2 Å². The Morgan fingerprint density at radius 3 is 2.24 bits per heavy atom. The molecular formula is C36H44N4O2. The molecule has 0 atom stereocenters. The first kappa shape index (κ1) is 29.6. The van der Waals surface area contributed by atoms with Crippen LogP contribution in [0.25, 0.3) is 10.9 Å². The second-order valence-corrected chi connectivity index (χ2v) is 11.4. The lowest BCUT2D eigenvalue weighted by Crippen LogP contribution is -2.32. The zero-order chi connectivity index (χ0) is 29.3. The summed E-state index contributed by atoms with van der Waals surface area (Å²) in [6.07, 6.45) is 7.94. The highest BCUT2D eigenvalue weighted by Gasteiger charge is 2.22. The predicted molar refractivity (Wildman–Crippen MR) is 173 cm³/mol. The second kappa shape index (κ2) is 14.3. The largest absolute Gasteiger partial charge is 0.494 e. The summed E-state index contributed by atoms with van der Waals surface area (Å²) in [4.78, 5) is 26.3. The molecule has 0 aliphatic carbocycles. The topological polar surface area (TPSA) is 71.9 Å². The highest BCUT2D eigenvalue weighted by molar-refractivity contribution is 6.22. The van der Waals surface area contributed by atoms with Gasteiger partial charge in [0, 0.05) is 41.7 Å². The highest BCUT2D eigenvalue weighted by Crippen LogP contribution is 2.32. The monoisotopic (exact) mass is 564 g/mol. The zero-order valence-corrected chi connectivity index (χ0v) is 25.1. The van der Waals surface area contributed by atoms with Crippen LogP contribution in [0.1, 0.15) is 85.8 Å². The van der Waals surface area contributed by atoms with Crippen LogP contribution < -0.4 is 0 Å². The molecule has 6 nitrogen and oxygen atoms in total. The minimum Gasteiger partial charge on any atom is -0.494 e. The van der Waals surface area contributed by atoms with Gasteiger partial charge < -0.3 is 15.0 Å². The summed E-state index contributed by atoms with van der Waals surface area (Å²) < 4.78 is 0. The number of aliphatic imine (C=N–C) groups is 1. The van der Waals surface area contributed by atoms with E-state index in [1.54, 1.807) is 0 Å². The minimum absolute atomic E-state index is 0.0351. The van der Waals surface area contributed by atoms with Gasteiger partial charge in [0.1, 0.15) is 0 Å². The van der Waals surface area contributed by atoms with Gasteiger partial charge in [0.05, 0.1) is 17.0 Å². The second-order valence-electron chi connectivity index (χ2n) is 11.4. The van der Waals surface area contributed by atoms with Crippen LogP contribution in [0.5, 0.6) is 5.88 Å². The van der Waals surface area contributed by atoms with E-state index in [9.17, 15) is 9.90 Å². The van der Waals surface area contributed by atoms with Crippen molar-refractivity contribution in [2.24, 2.45) is 4.99 Å². The van der Waals surface area contributed by atoms with Crippen molar-refractivity contribution >= 4 is 28.2 Å². The van der Waals surface area contributed by atoms with Gasteiger partial charge >= 0.3 is 0 Å². The van der Waals surface area contributed by atoms with Crippen LogP contribution in [0.4, 0.5) is 5.69 Å². The fraction of sp³-hybridized carbons (Fsp3) is 0.389. The van der Waals surface area contributed by atoms with E-state index in [0.29, 0.717) is 16.8 Å². The Bertz CT molecular complexity index is 1480. The number of benzene rings is 3. The van der Waals surface area contributed by atoms with Gasteiger partial charge in [0.15, 0.2) is 5.88 Å². The van der Waals surface area contributed by atoms with Crippen LogP contribution in [0.15, 0.2) is 77.8 Å². The molecule has 1 aliphatic rings. The van der Waals surface area contributed by atoms with Crippen molar-refractivity contribution < 1.29 is 9.90 Å². The first-order valence-corrected chi connectivity index (χ1v) is 15.7. The van der Waals surface area contributed by atoms with Gasteiger partial charge in [-0.2, -0.15) is 0 Å². The molecule has 1 saturated heterocycles. The molecule has 2 heterocycles. The van der Waals surface area contributed by atoms with Crippen LogP contribution in [-0.2, 0) is 6.54 Å². The first-order valence-electron chi connectivity index (χ1n) is 15.7. The molecule has 0 radical (unpaired) electrons. The molecule has 1 fully saturated rings. The third kappa shape index (κ3) is 7.11. The molecule has 1 aromatic heterocycles. The van der Waals surface area contributed by atoms with Crippen molar-refractivity contribution in [3.05, 3.63) is 95.1 Å². The normalized spacial score (nSPS) is 14.4. The first-order chi connectivity index (χ1) is 20.6. The molecule has 6 heteroatoms. The summed E-state index contributed by atoms with van der Waals surface area (Å²) in [6.45, 7) is 9.09. The van der Waals surface area contributed by atoms with Crippen LogP contribution in [-0.4, -0.2) is 57.7 Å². The van der Waals surface area contributed by atoms with E-state index >= 15 is 0 Å². The Balaban J connectivity index is 1.51. The number of nitrogens with one attached hydrogen (secondary N) is 1. The number of nitrogens with zero attached hydrogens (tertiary/aromatic N) is 3. The fourth-order valence-corrected chi connectivity index (χ4v) is 5.79. The van der Waals surface area contributed by atoms with Gasteiger partial charge in [-0.15, -0.1) is 0 Å². The maximum absolute atomic E-state index is 13.6. The van der Waals surface area contributed by atoms with E-state index in [2.05, 4.69) is 48.0 Å². The summed E-state index contributed by atoms with van der Waals surface area (Å²) >= 11 is 0. The number of likely N-dealkylation sites (tertiary alicyclic amines) is 1. The summed E-state index contributed by atoms with van der Waals surface area (Å²) in [5, 5.41) is 12.0. The molecule has 0 bridgehead atoms. The maximum Gasteiger partial charge on any atom is 0.253 e. The van der Waals surface area contributed by atoms with Crippen molar-refractivity contribution in [3.8, 4) is 5.88 Å². The number of aromatic hydroxyl groups is 1. The van der Waals surface area contributed by atoms with Gasteiger partial charge in [0.25, 0.3) is 5.91 Å². The molecule has 2 N–H and O–H groups in total. The summed E-state index contributed by atoms with van der Waals surface area (Å²) in [6, 6.07) is 24.0. The number of aromatic amines is 1. The van der Waals surface area contributed by atoms with Crippen LogP contribution in [0.2, 0.25) is 0 Å². The van der Waals surface area contributed by atoms with Gasteiger partial charge in [-0.05, 0) is 74.7 Å². The number of aromatic nitrogens is 1. The molecule has 0 spiro atoms. The summed E-state index contributed by atoms with van der Waals surface area (Å²) in [5.74, 6) is 0.0840. The molecule has 0 unspecified atom stereocenters. The number of carbonyl (C=O) groups is 1. The number of piperidine rings is 1. The molecule has 0 saturated carbocycles. The lowest BCUT2D eigenvalue weighted by atomic mass is 9.99. The van der Waals surface area contributed by atoms with Gasteiger partial charge in [-0.1, -0.05) is 75.6 Å². The summed E-state index contributed by atoms with van der Waals surface area (Å²) in [7, 11) is 0. The smallest absolute Gasteiger partial charge is 0.253 e. The van der Waals surface area contributed by atoms with Crippen LogP contribution >= 0.6 is 0 Å². The van der Waals surface area contributed by atoms with E-state index in [1.807, 2.05) is 53.4 Å². The predicted octanol–water partition coefficient (Wildman–Crippen LogP) is 8.07. The molecular weight excluding hydrogens is 520 g/mol. The van der Waals surface area contributed by atoms with Crippen LogP contribution in [0.3, 0.4) is 0 Å². The number of rotatable bonds is 12. The van der Waals surface area contributed by atoms with Gasteiger partial charge in [0.2, 0.25) is 0 Å². The van der Waals surface area contributed by atoms with Gasteiger partial charge in [-0.25, -0.2) is 4.99 Å². The molecule has 220 valence electrons. The Morgan fingerprint density at radius 2 is 1.57 bits per heavy atom. The fourth-order valence-electron chi connectivity index (χ4n) is 5.79. The van der Waals surface area contributed by atoms with Crippen molar-refractivity contribution in [3.63, 3.8) is 0 Å². The third-order valence-corrected chi connectivity index (χ3v) is 8.19. The Hall–Kier alpha value is -3.90. The quantitative estimate of drug-likeness (QED) is 0.171. The number of hydrogen-bond acceptors (Lipinski definition) is 4. The number of H-pyrrole nitrogens is 1. The number of amides is 1. The van der Waals surface area contributed by atoms with Crippen molar-refractivity contribution in [2.45, 2.75) is 65.3 Å². The minimum atomic E-state index is 0.0351. The maximum atomic E-state index is 13.6. The average Bonchev–Trinajstić information content (AvgIpc) is 3.36. The third-order valence-electron chi connectivity index (χ3n) is 8.19. The van der Waals surface area contributed by atoms with Crippen molar-refractivity contribution in [1.82, 2.24) is 14.8 Å². The van der Waals surface area contributed by atoms with Crippen molar-refractivity contribution in [1.29, 1.82) is 0 Å². The summed E-state index contributed by atoms with van der Waals surface area (Å²) in [5.41, 5.74) is 5.68. The molecule has 1 aliphatic heterocycles. The number of fused-ring (bicyclic) bond motifs is 1. The highest BCUT2D eigenvalue weighted by atomic mass is 16.3. The van der Waals surface area contributed by atoms with E-state index < -0.39 is 0 Å². The molecule has 5 rings (SSSR count). The Kier molecular flexibility index (Phi) is 10.1. The van der Waals surface area contributed by atoms with Gasteiger partial charge in [-0.3, -0.25) is 9.69 Å². The molecule has 3 aromatic carbocycles. The molecule has 1 amide bonds. The molecule has 42 heavy (non-hydrogen) atoms. The van der Waals surface area contributed by atoms with E-state index in [-0.39, 0.29) is 11.8 Å². The van der Waals surface area contributed by atoms with Crippen LogP contribution in [0, 0.1) is 0 Å². The van der Waals surface area contributed by atoms with E-state index in [1.165, 1.54) is 24.8 Å². The standard InChI is InChI=1S/C36H44N4O2/c1-3-5-23-40(24-6-4-2)36(42)29-17-20-32-31(25-29)33(35(41)38-32)34(28-13-9-7-10-14-28)37-30-18-15-27(16-19-30)26-39-21-11-8-12-22-39/h7,9-10,13-20,25,38,41H,3-6,8,11-12,21-24,26H2,1-2H3. The Morgan fingerprint density at radius 1 is 0.881 bits per heavy atom. The lowest BCUT2D eigenvalue weighted by molar-refractivity contribution is 0.0751. The average molecular weight is 565 g/mol. The van der Waals surface area contributed by atoms with E-state index in [4.69, 9.17) is 4.99 Å².